The minimum absolute atomic E-state index is 0.197. The molecule has 1 unspecified atom stereocenters. The second-order valence-corrected chi connectivity index (χ2v) is 7.37. The number of aromatic nitrogens is 2. The molecule has 2 N–H and O–H groups in total. The molecule has 31 heavy (non-hydrogen) atoms. The van der Waals surface area contributed by atoms with Gasteiger partial charge in [0, 0.05) is 24.0 Å². The number of carbonyl (C=O) groups excluding carboxylic acids is 2. The lowest BCUT2D eigenvalue weighted by molar-refractivity contribution is -0.137. The summed E-state index contributed by atoms with van der Waals surface area (Å²) in [5, 5.41) is 5.26. The van der Waals surface area contributed by atoms with E-state index in [9.17, 15) is 22.8 Å². The second kappa shape index (κ2) is 7.57. The molecule has 3 aromatic rings. The number of hydrogen-bond donors (Lipinski definition) is 1. The van der Waals surface area contributed by atoms with Crippen molar-refractivity contribution in [3.63, 3.8) is 0 Å². The van der Waals surface area contributed by atoms with Crippen LogP contribution in [0.5, 0.6) is 0 Å². The fourth-order valence-electron chi connectivity index (χ4n) is 3.96. The minimum atomic E-state index is -4.44. The Hall–Kier alpha value is -3.62. The van der Waals surface area contributed by atoms with E-state index in [2.05, 4.69) is 11.7 Å². The summed E-state index contributed by atoms with van der Waals surface area (Å²) < 4.78 is 40.5. The third kappa shape index (κ3) is 3.67. The molecule has 160 valence electrons. The predicted octanol–water partition coefficient (Wildman–Crippen LogP) is 3.78. The van der Waals surface area contributed by atoms with Gasteiger partial charge in [-0.2, -0.15) is 18.3 Å². The van der Waals surface area contributed by atoms with Crippen LogP contribution >= 0.6 is 0 Å². The van der Waals surface area contributed by atoms with Crippen LogP contribution in [-0.2, 0) is 11.0 Å². The minimum Gasteiger partial charge on any atom is -0.366 e. The number of halogens is 3. The summed E-state index contributed by atoms with van der Waals surface area (Å²) in [4.78, 5) is 25.7. The highest BCUT2D eigenvalue weighted by atomic mass is 19.4. The van der Waals surface area contributed by atoms with Gasteiger partial charge < -0.3 is 10.6 Å². The van der Waals surface area contributed by atoms with Crippen LogP contribution in [-0.4, -0.2) is 39.6 Å². The summed E-state index contributed by atoms with van der Waals surface area (Å²) in [6, 6.07) is 9.49. The van der Waals surface area contributed by atoms with Crippen molar-refractivity contribution in [2.45, 2.75) is 18.6 Å². The SMILES string of the molecule is C=CC(=O)N1CCC(n2nc(-c3ccc(C(F)(F)F)cc3)c3cccc(C(N)=O)c32)C1. The summed E-state index contributed by atoms with van der Waals surface area (Å²) in [7, 11) is 0. The van der Waals surface area contributed by atoms with Gasteiger partial charge in [0.1, 0.15) is 5.69 Å². The number of fused-ring (bicyclic) bond motifs is 1. The number of rotatable bonds is 4. The molecular weight excluding hydrogens is 409 g/mol. The van der Waals surface area contributed by atoms with Gasteiger partial charge in [-0.1, -0.05) is 30.8 Å². The molecule has 1 atom stereocenters. The summed E-state index contributed by atoms with van der Waals surface area (Å²) in [6.45, 7) is 4.38. The highest BCUT2D eigenvalue weighted by molar-refractivity contribution is 6.08. The fraction of sp³-hybridized carbons (Fsp3) is 0.227. The number of primary amides is 1. The zero-order valence-corrected chi connectivity index (χ0v) is 16.4. The number of hydrogen-bond acceptors (Lipinski definition) is 3. The first-order valence-electron chi connectivity index (χ1n) is 9.60. The number of para-hydroxylation sites is 1. The maximum absolute atomic E-state index is 12.9. The van der Waals surface area contributed by atoms with E-state index in [1.165, 1.54) is 18.2 Å². The lowest BCUT2D eigenvalue weighted by atomic mass is 10.0. The average Bonchev–Trinajstić information content (AvgIpc) is 3.37. The van der Waals surface area contributed by atoms with E-state index in [4.69, 9.17) is 5.73 Å². The molecule has 9 heteroatoms. The second-order valence-electron chi connectivity index (χ2n) is 7.37. The monoisotopic (exact) mass is 428 g/mol. The molecule has 2 heterocycles. The van der Waals surface area contributed by atoms with Crippen LogP contribution in [0.2, 0.25) is 0 Å². The largest absolute Gasteiger partial charge is 0.416 e. The zero-order valence-electron chi connectivity index (χ0n) is 16.4. The van der Waals surface area contributed by atoms with Gasteiger partial charge in [-0.25, -0.2) is 0 Å². The number of carbonyl (C=O) groups is 2. The van der Waals surface area contributed by atoms with Gasteiger partial charge in [0.05, 0.1) is 22.7 Å². The molecule has 1 saturated heterocycles. The zero-order chi connectivity index (χ0) is 22.3. The number of amides is 2. The molecule has 0 spiro atoms. The molecule has 6 nitrogen and oxygen atoms in total. The number of nitrogens with two attached hydrogens (primary N) is 1. The van der Waals surface area contributed by atoms with Crippen LogP contribution in [0.4, 0.5) is 13.2 Å². The Labute approximate surface area is 175 Å². The van der Waals surface area contributed by atoms with Crippen LogP contribution in [0.15, 0.2) is 55.1 Å². The smallest absolute Gasteiger partial charge is 0.366 e. The van der Waals surface area contributed by atoms with Gasteiger partial charge in [-0.15, -0.1) is 0 Å². The van der Waals surface area contributed by atoms with Crippen LogP contribution in [0.3, 0.4) is 0 Å². The third-order valence-corrected chi connectivity index (χ3v) is 5.47. The highest BCUT2D eigenvalue weighted by Gasteiger charge is 2.32. The normalized spacial score (nSPS) is 16.6. The van der Waals surface area contributed by atoms with Crippen LogP contribution < -0.4 is 5.73 Å². The van der Waals surface area contributed by atoms with Crippen molar-refractivity contribution in [1.29, 1.82) is 0 Å². The van der Waals surface area contributed by atoms with Crippen LogP contribution in [0.25, 0.3) is 22.2 Å². The molecule has 1 aromatic heterocycles. The molecule has 0 bridgehead atoms. The van der Waals surface area contributed by atoms with Gasteiger partial charge >= 0.3 is 6.18 Å². The molecule has 4 rings (SSSR count). The molecule has 1 aliphatic heterocycles. The van der Waals surface area contributed by atoms with Crippen molar-refractivity contribution < 1.29 is 22.8 Å². The first-order chi connectivity index (χ1) is 14.7. The van der Waals surface area contributed by atoms with Gasteiger partial charge in [-0.3, -0.25) is 14.3 Å². The van der Waals surface area contributed by atoms with Gasteiger partial charge in [0.2, 0.25) is 5.91 Å². The van der Waals surface area contributed by atoms with E-state index in [1.807, 2.05) is 0 Å². The maximum atomic E-state index is 12.9. The van der Waals surface area contributed by atoms with Crippen LogP contribution in [0.1, 0.15) is 28.4 Å². The number of nitrogens with zero attached hydrogens (tertiary/aromatic N) is 3. The van der Waals surface area contributed by atoms with Crippen molar-refractivity contribution >= 4 is 22.7 Å². The van der Waals surface area contributed by atoms with Crippen molar-refractivity contribution in [2.75, 3.05) is 13.1 Å². The first-order valence-corrected chi connectivity index (χ1v) is 9.60. The van der Waals surface area contributed by atoms with E-state index in [0.29, 0.717) is 41.7 Å². The maximum Gasteiger partial charge on any atom is 0.416 e. The lowest BCUT2D eigenvalue weighted by Crippen LogP contribution is -2.27. The summed E-state index contributed by atoms with van der Waals surface area (Å²) in [5.41, 5.74) is 6.51. The molecule has 1 fully saturated rings. The van der Waals surface area contributed by atoms with Crippen molar-refractivity contribution in [2.24, 2.45) is 5.73 Å². The Bertz CT molecular complexity index is 1180. The van der Waals surface area contributed by atoms with Gasteiger partial charge in [-0.05, 0) is 30.7 Å². The lowest BCUT2D eigenvalue weighted by Gasteiger charge is -2.16. The number of benzene rings is 2. The van der Waals surface area contributed by atoms with Crippen molar-refractivity contribution in [3.8, 4) is 11.3 Å². The Kier molecular flexibility index (Phi) is 5.04. The van der Waals surface area contributed by atoms with Crippen LogP contribution in [0, 0.1) is 0 Å². The van der Waals surface area contributed by atoms with Gasteiger partial charge in [0.15, 0.2) is 0 Å². The third-order valence-electron chi connectivity index (χ3n) is 5.47. The standard InChI is InChI=1S/C22H19F3N4O2/c1-2-18(30)28-11-10-15(12-28)29-20-16(4-3-5-17(20)21(26)31)19(27-29)13-6-8-14(9-7-13)22(23,24)25/h2-9,15H,1,10-12H2,(H2,26,31). The molecule has 0 aliphatic carbocycles. The van der Waals surface area contributed by atoms with E-state index < -0.39 is 17.6 Å². The fourth-order valence-corrected chi connectivity index (χ4v) is 3.96. The molecule has 0 saturated carbocycles. The van der Waals surface area contributed by atoms with E-state index in [1.54, 1.807) is 27.8 Å². The van der Waals surface area contributed by atoms with Crippen molar-refractivity contribution in [1.82, 2.24) is 14.7 Å². The topological polar surface area (TPSA) is 81.2 Å². The predicted molar refractivity (Wildman–Crippen MR) is 109 cm³/mol. The van der Waals surface area contributed by atoms with E-state index >= 15 is 0 Å². The van der Waals surface area contributed by atoms with E-state index in [-0.39, 0.29) is 17.5 Å². The summed E-state index contributed by atoms with van der Waals surface area (Å²) in [6.07, 6.45) is -2.59. The number of alkyl halides is 3. The molecule has 0 radical (unpaired) electrons. The highest BCUT2D eigenvalue weighted by Crippen LogP contribution is 2.36. The molecule has 1 aliphatic rings. The first kappa shape index (κ1) is 20.6. The Balaban J connectivity index is 1.85. The summed E-state index contributed by atoms with van der Waals surface area (Å²) >= 11 is 0. The number of likely N-dealkylation sites (tertiary alicyclic amines) is 1. The van der Waals surface area contributed by atoms with Crippen molar-refractivity contribution in [3.05, 3.63) is 66.2 Å². The quantitative estimate of drug-likeness (QED) is 0.642. The Morgan fingerprint density at radius 1 is 1.16 bits per heavy atom. The van der Waals surface area contributed by atoms with Gasteiger partial charge in [0.25, 0.3) is 5.91 Å². The molecular formula is C22H19F3N4O2. The van der Waals surface area contributed by atoms with E-state index in [0.717, 1.165) is 12.1 Å². The molecule has 2 amide bonds. The Morgan fingerprint density at radius 2 is 1.87 bits per heavy atom. The Morgan fingerprint density at radius 3 is 2.48 bits per heavy atom. The summed E-state index contributed by atoms with van der Waals surface area (Å²) in [5.74, 6) is -0.834. The molecule has 2 aromatic carbocycles. The average molecular weight is 428 g/mol.